The van der Waals surface area contributed by atoms with Gasteiger partial charge >= 0.3 is 0 Å². The fourth-order valence-corrected chi connectivity index (χ4v) is 3.15. The lowest BCUT2D eigenvalue weighted by Crippen LogP contribution is -2.37. The molecular formula is C21H25NO2. The van der Waals surface area contributed by atoms with Gasteiger partial charge in [-0.05, 0) is 43.0 Å². The second-order valence-corrected chi connectivity index (χ2v) is 6.39. The first-order valence-corrected chi connectivity index (χ1v) is 8.79. The molecule has 0 saturated heterocycles. The monoisotopic (exact) mass is 323 g/mol. The SMILES string of the molecule is CCCCOc1cccc2c1CCN(Cc1ccccc1C)C2=O. The van der Waals surface area contributed by atoms with Crippen LogP contribution in [-0.4, -0.2) is 24.0 Å². The van der Waals surface area contributed by atoms with Crippen LogP contribution in [0.15, 0.2) is 42.5 Å². The summed E-state index contributed by atoms with van der Waals surface area (Å²) >= 11 is 0. The molecule has 3 heteroatoms. The molecular weight excluding hydrogens is 298 g/mol. The Bertz CT molecular complexity index is 724. The maximum absolute atomic E-state index is 12.9. The van der Waals surface area contributed by atoms with Crippen LogP contribution in [0.3, 0.4) is 0 Å². The third kappa shape index (κ3) is 3.45. The number of ether oxygens (including phenoxy) is 1. The van der Waals surface area contributed by atoms with Crippen molar-refractivity contribution < 1.29 is 9.53 Å². The summed E-state index contributed by atoms with van der Waals surface area (Å²) in [6.45, 7) is 6.38. The quantitative estimate of drug-likeness (QED) is 0.739. The first-order chi connectivity index (χ1) is 11.7. The molecule has 1 aliphatic rings. The number of hydrogen-bond acceptors (Lipinski definition) is 2. The number of hydrogen-bond donors (Lipinski definition) is 0. The Balaban J connectivity index is 1.78. The maximum atomic E-state index is 12.9. The van der Waals surface area contributed by atoms with Gasteiger partial charge in [0.25, 0.3) is 5.91 Å². The van der Waals surface area contributed by atoms with E-state index in [0.717, 1.165) is 42.7 Å². The van der Waals surface area contributed by atoms with Gasteiger partial charge in [-0.2, -0.15) is 0 Å². The molecule has 3 rings (SSSR count). The van der Waals surface area contributed by atoms with Gasteiger partial charge in [-0.25, -0.2) is 0 Å². The number of aryl methyl sites for hydroxylation is 1. The van der Waals surface area contributed by atoms with Crippen LogP contribution < -0.4 is 4.74 Å². The van der Waals surface area contributed by atoms with E-state index in [1.54, 1.807) is 0 Å². The van der Waals surface area contributed by atoms with Crippen molar-refractivity contribution in [3.8, 4) is 5.75 Å². The fraction of sp³-hybridized carbons (Fsp3) is 0.381. The molecule has 1 aliphatic heterocycles. The molecule has 0 aromatic heterocycles. The lowest BCUT2D eigenvalue weighted by atomic mass is 9.97. The van der Waals surface area contributed by atoms with Crippen molar-refractivity contribution in [3.63, 3.8) is 0 Å². The minimum Gasteiger partial charge on any atom is -0.493 e. The lowest BCUT2D eigenvalue weighted by Gasteiger charge is -2.30. The van der Waals surface area contributed by atoms with Gasteiger partial charge in [0.05, 0.1) is 6.61 Å². The highest BCUT2D eigenvalue weighted by molar-refractivity contribution is 5.97. The van der Waals surface area contributed by atoms with Gasteiger partial charge in [0.2, 0.25) is 0 Å². The van der Waals surface area contributed by atoms with E-state index in [9.17, 15) is 4.79 Å². The van der Waals surface area contributed by atoms with E-state index < -0.39 is 0 Å². The number of fused-ring (bicyclic) bond motifs is 1. The lowest BCUT2D eigenvalue weighted by molar-refractivity contribution is 0.0725. The van der Waals surface area contributed by atoms with E-state index in [4.69, 9.17) is 4.74 Å². The topological polar surface area (TPSA) is 29.5 Å². The molecule has 126 valence electrons. The molecule has 0 saturated carbocycles. The van der Waals surface area contributed by atoms with Crippen LogP contribution in [0.1, 0.15) is 46.8 Å². The Morgan fingerprint density at radius 3 is 2.75 bits per heavy atom. The van der Waals surface area contributed by atoms with Gasteiger partial charge in [-0.15, -0.1) is 0 Å². The van der Waals surface area contributed by atoms with Crippen LogP contribution in [0, 0.1) is 6.92 Å². The number of amides is 1. The third-order valence-corrected chi connectivity index (χ3v) is 4.66. The molecule has 0 N–H and O–H groups in total. The molecule has 0 bridgehead atoms. The zero-order valence-corrected chi connectivity index (χ0v) is 14.5. The van der Waals surface area contributed by atoms with E-state index in [-0.39, 0.29) is 5.91 Å². The summed E-state index contributed by atoms with van der Waals surface area (Å²) in [5.41, 5.74) is 4.31. The number of unbranched alkanes of at least 4 members (excludes halogenated alkanes) is 1. The summed E-state index contributed by atoms with van der Waals surface area (Å²) in [4.78, 5) is 14.8. The molecule has 1 amide bonds. The summed E-state index contributed by atoms with van der Waals surface area (Å²) < 4.78 is 5.90. The van der Waals surface area contributed by atoms with Crippen molar-refractivity contribution in [2.75, 3.05) is 13.2 Å². The minimum atomic E-state index is 0.112. The standard InChI is InChI=1S/C21H25NO2/c1-3-4-14-24-20-11-7-10-19-18(20)12-13-22(21(19)23)15-17-9-6-5-8-16(17)2/h5-11H,3-4,12-15H2,1-2H3. The average Bonchev–Trinajstić information content (AvgIpc) is 2.60. The smallest absolute Gasteiger partial charge is 0.254 e. The van der Waals surface area contributed by atoms with Crippen molar-refractivity contribution in [1.29, 1.82) is 0 Å². The average molecular weight is 323 g/mol. The summed E-state index contributed by atoms with van der Waals surface area (Å²) in [5.74, 6) is 0.991. The Morgan fingerprint density at radius 2 is 1.96 bits per heavy atom. The van der Waals surface area contributed by atoms with Gasteiger partial charge in [-0.1, -0.05) is 43.7 Å². The number of carbonyl (C=O) groups is 1. The molecule has 0 radical (unpaired) electrons. The second-order valence-electron chi connectivity index (χ2n) is 6.39. The number of nitrogens with zero attached hydrogens (tertiary/aromatic N) is 1. The third-order valence-electron chi connectivity index (χ3n) is 4.66. The molecule has 24 heavy (non-hydrogen) atoms. The Morgan fingerprint density at radius 1 is 1.12 bits per heavy atom. The molecule has 0 spiro atoms. The number of rotatable bonds is 6. The molecule has 2 aromatic rings. The van der Waals surface area contributed by atoms with Gasteiger partial charge < -0.3 is 9.64 Å². The van der Waals surface area contributed by atoms with Gasteiger partial charge in [-0.3, -0.25) is 4.79 Å². The normalized spacial score (nSPS) is 13.8. The summed E-state index contributed by atoms with van der Waals surface area (Å²) in [6, 6.07) is 14.1. The highest BCUT2D eigenvalue weighted by atomic mass is 16.5. The van der Waals surface area contributed by atoms with Crippen LogP contribution in [-0.2, 0) is 13.0 Å². The fourth-order valence-electron chi connectivity index (χ4n) is 3.15. The van der Waals surface area contributed by atoms with Gasteiger partial charge in [0.1, 0.15) is 5.75 Å². The van der Waals surface area contributed by atoms with Crippen LogP contribution in [0.5, 0.6) is 5.75 Å². The zero-order chi connectivity index (χ0) is 16.9. The van der Waals surface area contributed by atoms with E-state index in [1.165, 1.54) is 11.1 Å². The van der Waals surface area contributed by atoms with Crippen LogP contribution in [0.25, 0.3) is 0 Å². The number of carbonyl (C=O) groups excluding carboxylic acids is 1. The van der Waals surface area contributed by atoms with Gasteiger partial charge in [0, 0.05) is 24.2 Å². The first kappa shape index (κ1) is 16.6. The Kier molecular flexibility index (Phi) is 5.19. The summed E-state index contributed by atoms with van der Waals surface area (Å²) in [6.07, 6.45) is 3.00. The Labute approximate surface area is 144 Å². The highest BCUT2D eigenvalue weighted by Gasteiger charge is 2.26. The van der Waals surface area contributed by atoms with Crippen LogP contribution in [0.4, 0.5) is 0 Å². The van der Waals surface area contributed by atoms with E-state index in [2.05, 4.69) is 26.0 Å². The van der Waals surface area contributed by atoms with Crippen molar-refractivity contribution in [3.05, 3.63) is 64.7 Å². The molecule has 3 nitrogen and oxygen atoms in total. The minimum absolute atomic E-state index is 0.112. The molecule has 0 fully saturated rings. The van der Waals surface area contributed by atoms with Crippen molar-refractivity contribution in [2.45, 2.75) is 39.7 Å². The molecule has 0 unspecified atom stereocenters. The number of benzene rings is 2. The van der Waals surface area contributed by atoms with E-state index in [0.29, 0.717) is 13.2 Å². The Hall–Kier alpha value is -2.29. The van der Waals surface area contributed by atoms with E-state index in [1.807, 2.05) is 35.2 Å². The predicted molar refractivity (Wildman–Crippen MR) is 96.5 cm³/mol. The largest absolute Gasteiger partial charge is 0.493 e. The predicted octanol–water partition coefficient (Wildman–Crippen LogP) is 4.37. The van der Waals surface area contributed by atoms with Crippen molar-refractivity contribution in [1.82, 2.24) is 4.90 Å². The molecule has 2 aromatic carbocycles. The highest BCUT2D eigenvalue weighted by Crippen LogP contribution is 2.29. The molecule has 1 heterocycles. The van der Waals surface area contributed by atoms with E-state index >= 15 is 0 Å². The van der Waals surface area contributed by atoms with Crippen molar-refractivity contribution in [2.24, 2.45) is 0 Å². The zero-order valence-electron chi connectivity index (χ0n) is 14.5. The summed E-state index contributed by atoms with van der Waals surface area (Å²) in [5, 5.41) is 0. The second kappa shape index (κ2) is 7.52. The first-order valence-electron chi connectivity index (χ1n) is 8.79. The maximum Gasteiger partial charge on any atom is 0.254 e. The van der Waals surface area contributed by atoms with Crippen LogP contribution >= 0.6 is 0 Å². The molecule has 0 aliphatic carbocycles. The molecule has 0 atom stereocenters. The van der Waals surface area contributed by atoms with Gasteiger partial charge in [0.15, 0.2) is 0 Å². The van der Waals surface area contributed by atoms with Crippen molar-refractivity contribution >= 4 is 5.91 Å². The van der Waals surface area contributed by atoms with Crippen LogP contribution in [0.2, 0.25) is 0 Å². The summed E-state index contributed by atoms with van der Waals surface area (Å²) in [7, 11) is 0.